The monoisotopic (exact) mass is 1910 g/mol. The molecule has 17 aromatic carbocycles. The Labute approximate surface area is 844 Å². The average molecular weight is 1910 g/mol. The van der Waals surface area contributed by atoms with Gasteiger partial charge in [0.25, 0.3) is 0 Å². The third kappa shape index (κ3) is 21.7. The van der Waals surface area contributed by atoms with Crippen molar-refractivity contribution in [3.05, 3.63) is 604 Å². The molecule has 2 atom stereocenters. The number of carbonyl (C=O) groups is 11. The fraction of sp³-hybridized carbons (Fsp3) is 0.0916. The number of hydrogen-bond acceptors (Lipinski definition) is 15. The van der Waals surface area contributed by atoms with Gasteiger partial charge in [0.05, 0.1) is 17.0 Å². The standard InChI is InChI=1S/C15H10O2.C15H12O.C14H8O2.C14H10O2.2C14H10O.C13H8O.C13H10O.C10H14O2.C9H6O2/c16-13-10-15(11-6-2-1-3-7-11)17-14-9-5-4-8-12(13)14;16-15-13-7-3-1-5-11(13)9-10-12-6-2-4-8-14(12)15;15-13-9-5-1-2-6-10(9)14(16)12-8-4-3-7-11(12)13;15-13(11-7-3-1-4-8-11)14(16)12-9-5-2-6-10-12;2*15-14-12-7-3-1-5-10(12)9-11-6-2-4-8-13(11)14;14-13-11-7-3-1-5-9(11)10-6-2-4-8-12(10)13;14-13(11-7-3-1-4-8-11)12-9-5-2-6-10-12;1-9(2)6-4-5-10(9,3)8(12)7(6)11;10-8-5-6-11-9-4-2-1-3-7(8)9/h1-10H;1-8H,9-10H2;1-8H;1-10H;2*1-8H,9H2;1-8H;1-10H;6H,4-5H2,1-3H3;1-6H. The molecule has 2 bridgehead atoms. The third-order valence-electron chi connectivity index (χ3n) is 27.3. The average Bonchev–Trinajstić information content (AvgIpc) is 1.54. The Morgan fingerprint density at radius 1 is 0.260 bits per heavy atom. The summed E-state index contributed by atoms with van der Waals surface area (Å²) >= 11 is 0. The molecule has 2 fully saturated rings. The number of carbonyl (C=O) groups excluding carboxylic acids is 11. The lowest BCUT2D eigenvalue weighted by Crippen LogP contribution is -2.33. The molecule has 0 aliphatic heterocycles. The summed E-state index contributed by atoms with van der Waals surface area (Å²) in [5.74, 6) is 0.0306. The minimum Gasteiger partial charge on any atom is -0.464 e. The van der Waals surface area contributed by atoms with E-state index in [1.807, 2.05) is 336 Å². The lowest BCUT2D eigenvalue weighted by molar-refractivity contribution is -0.141. The number of fused-ring (bicyclic) bond motifs is 15. The van der Waals surface area contributed by atoms with Crippen molar-refractivity contribution < 1.29 is 61.6 Å². The molecule has 15 heteroatoms. The van der Waals surface area contributed by atoms with Crippen molar-refractivity contribution in [1.82, 2.24) is 0 Å². The largest absolute Gasteiger partial charge is 0.464 e. The van der Waals surface area contributed by atoms with Gasteiger partial charge in [0.2, 0.25) is 23.1 Å². The van der Waals surface area contributed by atoms with E-state index in [9.17, 15) is 62.3 Å². The summed E-state index contributed by atoms with van der Waals surface area (Å²) in [6.45, 7) is 6.04. The molecule has 2 heterocycles. The molecule has 2 aromatic heterocycles. The highest BCUT2D eigenvalue weighted by Gasteiger charge is 2.66. The van der Waals surface area contributed by atoms with E-state index in [4.69, 9.17) is 8.83 Å². The summed E-state index contributed by atoms with van der Waals surface area (Å²) in [7, 11) is 0. The number of benzene rings is 17. The Hall–Kier alpha value is -18.5. The number of hydrogen-bond donors (Lipinski definition) is 0. The predicted octanol–water partition coefficient (Wildman–Crippen LogP) is 26.5. The van der Waals surface area contributed by atoms with E-state index in [-0.39, 0.29) is 79.7 Å². The molecule has 0 amide bonds. The Balaban J connectivity index is 0.000000111. The minimum absolute atomic E-state index is 0.00634. The van der Waals surface area contributed by atoms with Crippen molar-refractivity contribution in [3.63, 3.8) is 0 Å². The second-order valence-corrected chi connectivity index (χ2v) is 36.4. The highest BCUT2D eigenvalue weighted by atomic mass is 16.3. The Kier molecular flexibility index (Phi) is 30.8. The first kappa shape index (κ1) is 99.1. The van der Waals surface area contributed by atoms with Crippen molar-refractivity contribution in [3.8, 4) is 22.5 Å². The van der Waals surface area contributed by atoms with Crippen LogP contribution in [0.4, 0.5) is 0 Å². The van der Waals surface area contributed by atoms with Gasteiger partial charge >= 0.3 is 0 Å². The molecule has 2 unspecified atom stereocenters. The minimum atomic E-state index is -0.466. The van der Waals surface area contributed by atoms with Gasteiger partial charge in [0.15, 0.2) is 51.3 Å². The van der Waals surface area contributed by atoms with Gasteiger partial charge in [-0.2, -0.15) is 0 Å². The summed E-state index contributed by atoms with van der Waals surface area (Å²) < 4.78 is 10.8. The molecule has 26 rings (SSSR count). The normalized spacial score (nSPS) is 14.5. The molecular weight excluding hydrogens is 1810 g/mol. The van der Waals surface area contributed by atoms with Crippen LogP contribution in [-0.2, 0) is 35.3 Å². The summed E-state index contributed by atoms with van der Waals surface area (Å²) in [5, 5.41) is 1.25. The molecule has 712 valence electrons. The van der Waals surface area contributed by atoms with E-state index in [2.05, 4.69) is 12.1 Å². The molecule has 0 N–H and O–H groups in total. The molecule has 0 radical (unpaired) electrons. The van der Waals surface area contributed by atoms with Gasteiger partial charge in [-0.25, -0.2) is 0 Å². The molecular formula is C131H98O15. The van der Waals surface area contributed by atoms with Crippen molar-refractivity contribution in [2.24, 2.45) is 16.7 Å². The maximum absolute atomic E-state index is 12.3. The van der Waals surface area contributed by atoms with Crippen LogP contribution < -0.4 is 10.9 Å². The Bertz CT molecular complexity index is 7820. The van der Waals surface area contributed by atoms with Crippen LogP contribution in [0.2, 0.25) is 0 Å². The van der Waals surface area contributed by atoms with E-state index >= 15 is 0 Å². The zero-order valence-electron chi connectivity index (χ0n) is 80.3. The number of ketones is 11. The SMILES string of the molecule is CC12CCC(C(=O)C1=O)C2(C)C.O=C(C(=O)c1ccccc1)c1ccccc1.O=C(c1ccccc1)c1ccccc1.O=C1c2ccccc2-c2ccccc21.O=C1c2ccccc2C(=O)c2ccccc21.O=C1c2ccccc2CCc2ccccc21.O=C1c2ccccc2Cc2ccccc21.O=C1c2ccccc2Cc2ccccc21.O=c1cc(-c2ccccc2)oc2ccccc12.O=c1ccoc2ccccc12. The highest BCUT2D eigenvalue weighted by molar-refractivity contribution is 6.49. The summed E-state index contributed by atoms with van der Waals surface area (Å²) in [6, 6.07) is 139. The van der Waals surface area contributed by atoms with Gasteiger partial charge in [-0.1, -0.05) is 439 Å². The second kappa shape index (κ2) is 45.4. The fourth-order valence-corrected chi connectivity index (χ4v) is 19.1. The van der Waals surface area contributed by atoms with Crippen LogP contribution in [-0.4, -0.2) is 63.6 Å². The van der Waals surface area contributed by atoms with Crippen LogP contribution in [0, 0.1) is 16.7 Å². The molecule has 15 nitrogen and oxygen atoms in total. The first-order valence-corrected chi connectivity index (χ1v) is 48.1. The molecule has 19 aromatic rings. The number of aryl methyl sites for hydroxylation is 2. The number of rotatable bonds is 6. The quantitative estimate of drug-likeness (QED) is 0.111. The lowest BCUT2D eigenvalue weighted by Gasteiger charge is -2.31. The maximum Gasteiger partial charge on any atom is 0.233 e. The molecule has 0 spiro atoms. The van der Waals surface area contributed by atoms with E-state index in [1.165, 1.54) is 29.5 Å². The first-order valence-electron chi connectivity index (χ1n) is 48.1. The van der Waals surface area contributed by atoms with E-state index < -0.39 is 11.6 Å². The summed E-state index contributed by atoms with van der Waals surface area (Å²) in [4.78, 5) is 154. The van der Waals surface area contributed by atoms with Crippen molar-refractivity contribution >= 4 is 85.6 Å². The van der Waals surface area contributed by atoms with Crippen molar-refractivity contribution in [1.29, 1.82) is 0 Å². The summed E-state index contributed by atoms with van der Waals surface area (Å²) in [6.07, 6.45) is 6.88. The zero-order valence-corrected chi connectivity index (χ0v) is 80.3. The van der Waals surface area contributed by atoms with Crippen molar-refractivity contribution in [2.45, 2.75) is 59.3 Å². The lowest BCUT2D eigenvalue weighted by atomic mass is 9.70. The molecule has 2 saturated carbocycles. The Morgan fingerprint density at radius 3 is 0.856 bits per heavy atom. The van der Waals surface area contributed by atoms with Gasteiger partial charge in [-0.15, -0.1) is 0 Å². The third-order valence-corrected chi connectivity index (χ3v) is 27.3. The zero-order chi connectivity index (χ0) is 102. The smallest absolute Gasteiger partial charge is 0.233 e. The second-order valence-electron chi connectivity index (χ2n) is 36.4. The van der Waals surface area contributed by atoms with Crippen LogP contribution in [0.1, 0.15) is 199 Å². The van der Waals surface area contributed by atoms with Crippen LogP contribution in [0.5, 0.6) is 0 Å². The van der Waals surface area contributed by atoms with Gasteiger partial charge in [0.1, 0.15) is 16.9 Å². The van der Waals surface area contributed by atoms with Crippen LogP contribution in [0.25, 0.3) is 44.4 Å². The molecule has 7 aliphatic rings. The van der Waals surface area contributed by atoms with Gasteiger partial charge in [-0.05, 0) is 113 Å². The highest BCUT2D eigenvalue weighted by Crippen LogP contribution is 2.62. The maximum atomic E-state index is 12.3. The first-order chi connectivity index (χ1) is 71.0. The molecule has 146 heavy (non-hydrogen) atoms. The topological polar surface area (TPSA) is 248 Å². The van der Waals surface area contributed by atoms with E-state index in [1.54, 1.807) is 115 Å². The molecule has 0 saturated heterocycles. The van der Waals surface area contributed by atoms with Crippen molar-refractivity contribution in [2.75, 3.05) is 0 Å². The fourth-order valence-electron chi connectivity index (χ4n) is 19.1. The van der Waals surface area contributed by atoms with E-state index in [0.29, 0.717) is 61.1 Å². The van der Waals surface area contributed by atoms with Crippen LogP contribution in [0.15, 0.2) is 480 Å². The van der Waals surface area contributed by atoms with Gasteiger partial charge in [-0.3, -0.25) is 62.3 Å². The van der Waals surface area contributed by atoms with Crippen LogP contribution in [0.3, 0.4) is 0 Å². The molecule has 7 aliphatic carbocycles. The number of Topliss-reactive ketones (excluding diaryl/α,β-unsaturated/α-hetero) is 4. The van der Waals surface area contributed by atoms with Crippen LogP contribution >= 0.6 is 0 Å². The van der Waals surface area contributed by atoms with Gasteiger partial charge < -0.3 is 8.83 Å². The number of para-hydroxylation sites is 2. The van der Waals surface area contributed by atoms with Gasteiger partial charge in [0, 0.05) is 118 Å². The predicted molar refractivity (Wildman–Crippen MR) is 570 cm³/mol. The van der Waals surface area contributed by atoms with E-state index in [0.717, 1.165) is 133 Å². The summed E-state index contributed by atoms with van der Waals surface area (Å²) in [5.41, 5.74) is 21.9. The Morgan fingerprint density at radius 2 is 0.527 bits per heavy atom.